The maximum Gasteiger partial charge on any atom is 0.109 e. The lowest BCUT2D eigenvalue weighted by atomic mass is 10.1. The summed E-state index contributed by atoms with van der Waals surface area (Å²) in [6.07, 6.45) is 2.18. The first-order valence-electron chi connectivity index (χ1n) is 10.6. The summed E-state index contributed by atoms with van der Waals surface area (Å²) in [7, 11) is 2.16. The molecule has 0 N–H and O–H groups in total. The van der Waals surface area contributed by atoms with Gasteiger partial charge in [-0.3, -0.25) is 4.90 Å². The van der Waals surface area contributed by atoms with Crippen molar-refractivity contribution in [1.29, 1.82) is 0 Å². The molecule has 1 aliphatic heterocycles. The average Bonchev–Trinajstić information content (AvgIpc) is 3.11. The largest absolute Gasteiger partial charge is 0.369 e. The van der Waals surface area contributed by atoms with Crippen molar-refractivity contribution in [3.05, 3.63) is 72.6 Å². The molecule has 0 radical (unpaired) electrons. The van der Waals surface area contributed by atoms with Gasteiger partial charge in [-0.15, -0.1) is 0 Å². The topological polar surface area (TPSA) is 24.3 Å². The number of hydrogen-bond donors (Lipinski definition) is 0. The van der Waals surface area contributed by atoms with Crippen molar-refractivity contribution >= 4 is 27.5 Å². The highest BCUT2D eigenvalue weighted by atomic mass is 15.3. The highest BCUT2D eigenvalue weighted by Gasteiger charge is 2.17. The second kappa shape index (κ2) is 7.88. The van der Waals surface area contributed by atoms with Gasteiger partial charge in [0.1, 0.15) is 5.82 Å². The zero-order valence-corrected chi connectivity index (χ0v) is 17.1. The summed E-state index contributed by atoms with van der Waals surface area (Å²) in [6, 6.07) is 23.7. The lowest BCUT2D eigenvalue weighted by Gasteiger charge is -2.36. The molecule has 1 fully saturated rings. The number of aromatic nitrogens is 2. The fraction of sp³-hybridized carbons (Fsp3) is 0.320. The van der Waals surface area contributed by atoms with Gasteiger partial charge in [0.05, 0.1) is 11.0 Å². The van der Waals surface area contributed by atoms with E-state index in [1.54, 1.807) is 0 Å². The van der Waals surface area contributed by atoms with Crippen LogP contribution in [0.2, 0.25) is 0 Å². The molecule has 4 aromatic rings. The second-order valence-electron chi connectivity index (χ2n) is 8.01. The Kier molecular flexibility index (Phi) is 4.94. The first-order valence-corrected chi connectivity index (χ1v) is 10.6. The Morgan fingerprint density at radius 3 is 2.41 bits per heavy atom. The standard InChI is InChI=1S/C25H28N4/c1-27-24(26-23-14-13-20-8-5-6-11-22(20)25(23)27)12-7-15-28-16-18-29(19-17-28)21-9-3-2-4-10-21/h2-6,8-11,13-14H,7,12,15-19H2,1H3. The second-order valence-corrected chi connectivity index (χ2v) is 8.01. The molecule has 1 aromatic heterocycles. The van der Waals surface area contributed by atoms with Crippen LogP contribution in [0.5, 0.6) is 0 Å². The van der Waals surface area contributed by atoms with E-state index in [1.165, 1.54) is 27.8 Å². The van der Waals surface area contributed by atoms with Crippen LogP contribution in [-0.4, -0.2) is 47.2 Å². The van der Waals surface area contributed by atoms with Crippen LogP contribution < -0.4 is 4.90 Å². The minimum Gasteiger partial charge on any atom is -0.369 e. The number of imidazole rings is 1. The summed E-state index contributed by atoms with van der Waals surface area (Å²) in [5, 5.41) is 2.58. The Labute approximate surface area is 172 Å². The Hall–Kier alpha value is -2.85. The van der Waals surface area contributed by atoms with Gasteiger partial charge in [-0.1, -0.05) is 48.5 Å². The molecule has 1 saturated heterocycles. The maximum atomic E-state index is 4.93. The molecule has 2 heterocycles. The van der Waals surface area contributed by atoms with Crippen LogP contribution in [-0.2, 0) is 13.5 Å². The predicted octanol–water partition coefficient (Wildman–Crippen LogP) is 4.48. The fourth-order valence-electron chi connectivity index (χ4n) is 4.58. The van der Waals surface area contributed by atoms with E-state index in [-0.39, 0.29) is 0 Å². The molecule has 0 bridgehead atoms. The number of aryl methyl sites for hydroxylation is 2. The predicted molar refractivity (Wildman–Crippen MR) is 122 cm³/mol. The zero-order valence-electron chi connectivity index (χ0n) is 17.1. The van der Waals surface area contributed by atoms with Gasteiger partial charge in [0.2, 0.25) is 0 Å². The molecule has 3 aromatic carbocycles. The van der Waals surface area contributed by atoms with Crippen LogP contribution in [0.25, 0.3) is 21.8 Å². The van der Waals surface area contributed by atoms with Crippen LogP contribution >= 0.6 is 0 Å². The highest BCUT2D eigenvalue weighted by Crippen LogP contribution is 2.26. The number of nitrogens with zero attached hydrogens (tertiary/aromatic N) is 4. The summed E-state index contributed by atoms with van der Waals surface area (Å²) >= 11 is 0. The number of fused-ring (bicyclic) bond motifs is 3. The average molecular weight is 385 g/mol. The van der Waals surface area contributed by atoms with Gasteiger partial charge < -0.3 is 9.47 Å². The molecule has 148 valence electrons. The molecule has 0 aliphatic carbocycles. The Morgan fingerprint density at radius 2 is 1.59 bits per heavy atom. The maximum absolute atomic E-state index is 4.93. The van der Waals surface area contributed by atoms with E-state index >= 15 is 0 Å². The molecular weight excluding hydrogens is 356 g/mol. The minimum atomic E-state index is 1.03. The molecule has 29 heavy (non-hydrogen) atoms. The summed E-state index contributed by atoms with van der Waals surface area (Å²) in [6.45, 7) is 5.65. The van der Waals surface area contributed by atoms with E-state index in [0.29, 0.717) is 0 Å². The van der Waals surface area contributed by atoms with Crippen LogP contribution in [0.15, 0.2) is 66.7 Å². The SMILES string of the molecule is Cn1c(CCCN2CCN(c3ccccc3)CC2)nc2ccc3ccccc3c21. The third-order valence-corrected chi connectivity index (χ3v) is 6.22. The molecule has 0 amide bonds. The Bertz CT molecular complexity index is 1110. The lowest BCUT2D eigenvalue weighted by Crippen LogP contribution is -2.46. The van der Waals surface area contributed by atoms with Crippen LogP contribution in [0.4, 0.5) is 5.69 Å². The van der Waals surface area contributed by atoms with E-state index in [4.69, 9.17) is 4.98 Å². The van der Waals surface area contributed by atoms with Crippen molar-refractivity contribution in [2.45, 2.75) is 12.8 Å². The molecule has 5 rings (SSSR count). The van der Waals surface area contributed by atoms with Crippen molar-refractivity contribution in [3.8, 4) is 0 Å². The van der Waals surface area contributed by atoms with E-state index in [0.717, 1.165) is 51.1 Å². The summed E-state index contributed by atoms with van der Waals surface area (Å²) in [5.41, 5.74) is 3.71. The smallest absolute Gasteiger partial charge is 0.109 e. The van der Waals surface area contributed by atoms with Gasteiger partial charge in [-0.2, -0.15) is 0 Å². The fourth-order valence-corrected chi connectivity index (χ4v) is 4.58. The van der Waals surface area contributed by atoms with Gasteiger partial charge in [-0.05, 0) is 36.6 Å². The number of rotatable bonds is 5. The summed E-state index contributed by atoms with van der Waals surface area (Å²) in [4.78, 5) is 10.0. The molecule has 4 nitrogen and oxygen atoms in total. The van der Waals surface area contributed by atoms with Crippen molar-refractivity contribution in [2.24, 2.45) is 7.05 Å². The highest BCUT2D eigenvalue weighted by molar-refractivity contribution is 6.04. The number of benzene rings is 3. The molecule has 1 aliphatic rings. The zero-order chi connectivity index (χ0) is 19.6. The Morgan fingerprint density at radius 1 is 0.828 bits per heavy atom. The quantitative estimate of drug-likeness (QED) is 0.507. The third kappa shape index (κ3) is 3.60. The third-order valence-electron chi connectivity index (χ3n) is 6.22. The number of anilines is 1. The van der Waals surface area contributed by atoms with Gasteiger partial charge in [-0.25, -0.2) is 4.98 Å². The number of piperazine rings is 1. The van der Waals surface area contributed by atoms with E-state index in [9.17, 15) is 0 Å². The van der Waals surface area contributed by atoms with Crippen molar-refractivity contribution in [1.82, 2.24) is 14.5 Å². The van der Waals surface area contributed by atoms with Gasteiger partial charge in [0.15, 0.2) is 0 Å². The molecular formula is C25H28N4. The minimum absolute atomic E-state index is 1.03. The lowest BCUT2D eigenvalue weighted by molar-refractivity contribution is 0.254. The summed E-state index contributed by atoms with van der Waals surface area (Å²) in [5.74, 6) is 1.19. The van der Waals surface area contributed by atoms with Crippen molar-refractivity contribution in [2.75, 3.05) is 37.6 Å². The van der Waals surface area contributed by atoms with Crippen LogP contribution in [0.1, 0.15) is 12.2 Å². The van der Waals surface area contributed by atoms with Crippen LogP contribution in [0.3, 0.4) is 0 Å². The normalized spacial score (nSPS) is 15.4. The van der Waals surface area contributed by atoms with Crippen molar-refractivity contribution < 1.29 is 0 Å². The molecule has 0 unspecified atom stereocenters. The molecule has 0 spiro atoms. The van der Waals surface area contributed by atoms with Gasteiger partial charge in [0.25, 0.3) is 0 Å². The first kappa shape index (κ1) is 18.2. The van der Waals surface area contributed by atoms with Crippen LogP contribution in [0, 0.1) is 0 Å². The monoisotopic (exact) mass is 384 g/mol. The van der Waals surface area contributed by atoms with Crippen molar-refractivity contribution in [3.63, 3.8) is 0 Å². The molecule has 0 saturated carbocycles. The number of para-hydroxylation sites is 1. The summed E-state index contributed by atoms with van der Waals surface area (Å²) < 4.78 is 2.30. The van der Waals surface area contributed by atoms with Gasteiger partial charge in [0, 0.05) is 50.7 Å². The van der Waals surface area contributed by atoms with Gasteiger partial charge >= 0.3 is 0 Å². The Balaban J connectivity index is 1.21. The molecule has 4 heteroatoms. The first-order chi connectivity index (χ1) is 14.3. The van der Waals surface area contributed by atoms with E-state index in [1.807, 2.05) is 0 Å². The van der Waals surface area contributed by atoms with E-state index in [2.05, 4.69) is 88.1 Å². The van der Waals surface area contributed by atoms with E-state index < -0.39 is 0 Å². The molecule has 0 atom stereocenters. The number of hydrogen-bond acceptors (Lipinski definition) is 3.